The van der Waals surface area contributed by atoms with Gasteiger partial charge in [-0.3, -0.25) is 19.2 Å². The van der Waals surface area contributed by atoms with E-state index < -0.39 is 46.9 Å². The molecule has 0 aromatic carbocycles. The Morgan fingerprint density at radius 3 is 2.62 bits per heavy atom. The van der Waals surface area contributed by atoms with Gasteiger partial charge in [-0.1, -0.05) is 48.4 Å². The zero-order valence-corrected chi connectivity index (χ0v) is 21.7. The van der Waals surface area contributed by atoms with Gasteiger partial charge in [-0.15, -0.1) is 0 Å². The molecular formula is C26H33BrO7. The number of aliphatic hydroxyl groups excluding tert-OH is 1. The SMILES string of the molecule is CCC(=O)O[C@]1(C(=O)COC(C)=O)CCC2C3C(C(O)CC21C)C1(C)C=CC(=O)C=C1C[C@H]3Br. The van der Waals surface area contributed by atoms with Crippen molar-refractivity contribution in [2.75, 3.05) is 6.61 Å². The maximum absolute atomic E-state index is 13.6. The quantitative estimate of drug-likeness (QED) is 0.423. The molecule has 0 aromatic rings. The summed E-state index contributed by atoms with van der Waals surface area (Å²) in [6.07, 6.45) is 6.44. The van der Waals surface area contributed by atoms with Crippen molar-refractivity contribution >= 4 is 39.4 Å². The summed E-state index contributed by atoms with van der Waals surface area (Å²) in [5.74, 6) is -1.70. The van der Waals surface area contributed by atoms with Crippen LogP contribution in [0.5, 0.6) is 0 Å². The van der Waals surface area contributed by atoms with Crippen molar-refractivity contribution in [3.05, 3.63) is 23.8 Å². The van der Waals surface area contributed by atoms with E-state index in [0.29, 0.717) is 19.3 Å². The molecule has 8 atom stereocenters. The normalized spacial score (nSPS) is 42.7. The predicted molar refractivity (Wildman–Crippen MR) is 127 cm³/mol. The fraction of sp³-hybridized carbons (Fsp3) is 0.692. The van der Waals surface area contributed by atoms with Crippen LogP contribution in [0.25, 0.3) is 0 Å². The highest BCUT2D eigenvalue weighted by Gasteiger charge is 2.71. The summed E-state index contributed by atoms with van der Waals surface area (Å²) in [4.78, 5) is 49.6. The predicted octanol–water partition coefficient (Wildman–Crippen LogP) is 3.46. The zero-order chi connectivity index (χ0) is 25.1. The van der Waals surface area contributed by atoms with Gasteiger partial charge in [-0.05, 0) is 49.7 Å². The Morgan fingerprint density at radius 2 is 1.97 bits per heavy atom. The van der Waals surface area contributed by atoms with Crippen LogP contribution in [0.15, 0.2) is 23.8 Å². The lowest BCUT2D eigenvalue weighted by Crippen LogP contribution is -2.64. The smallest absolute Gasteiger partial charge is 0.306 e. The number of ether oxygens (including phenoxy) is 2. The topological polar surface area (TPSA) is 107 Å². The van der Waals surface area contributed by atoms with Gasteiger partial charge >= 0.3 is 11.9 Å². The Labute approximate surface area is 208 Å². The number of carbonyl (C=O) groups is 4. The highest BCUT2D eigenvalue weighted by atomic mass is 79.9. The van der Waals surface area contributed by atoms with Crippen LogP contribution in [0, 0.1) is 28.6 Å². The zero-order valence-electron chi connectivity index (χ0n) is 20.1. The number of fused-ring (bicyclic) bond motifs is 5. The van der Waals surface area contributed by atoms with E-state index in [9.17, 15) is 24.3 Å². The van der Waals surface area contributed by atoms with E-state index in [1.807, 2.05) is 13.0 Å². The second-order valence-electron chi connectivity index (χ2n) is 10.7. The lowest BCUT2D eigenvalue weighted by Gasteiger charge is -2.61. The van der Waals surface area contributed by atoms with Crippen LogP contribution >= 0.6 is 15.9 Å². The number of halogens is 1. The highest BCUT2D eigenvalue weighted by Crippen LogP contribution is 2.68. The summed E-state index contributed by atoms with van der Waals surface area (Å²) in [7, 11) is 0. The minimum Gasteiger partial charge on any atom is -0.458 e. The first-order chi connectivity index (χ1) is 15.9. The van der Waals surface area contributed by atoms with Crippen LogP contribution in [0.3, 0.4) is 0 Å². The summed E-state index contributed by atoms with van der Waals surface area (Å²) >= 11 is 3.86. The van der Waals surface area contributed by atoms with Crippen LogP contribution in [0.1, 0.15) is 59.8 Å². The third-order valence-corrected chi connectivity index (χ3v) is 9.97. The second-order valence-corrected chi connectivity index (χ2v) is 11.9. The molecule has 7 nitrogen and oxygen atoms in total. The standard InChI is InChI=1S/C26H33BrO7/c1-5-21(32)34-26(20(31)13-33-14(2)28)9-7-17-22-18(27)11-15-10-16(29)6-8-24(15,3)23(22)19(30)12-25(17,26)4/h6,8,10,17-19,22-23,30H,5,7,9,11-13H2,1-4H3/t17?,18-,19?,22?,23?,24?,25?,26+/m1/s1. The van der Waals surface area contributed by atoms with E-state index in [4.69, 9.17) is 9.47 Å². The minimum absolute atomic E-state index is 0.00233. The third-order valence-electron chi connectivity index (χ3n) is 9.04. The Hall–Kier alpha value is -1.80. The molecule has 4 aliphatic carbocycles. The van der Waals surface area contributed by atoms with Crippen molar-refractivity contribution in [1.29, 1.82) is 0 Å². The Bertz CT molecular complexity index is 986. The molecule has 8 heteroatoms. The van der Waals surface area contributed by atoms with Crippen LogP contribution < -0.4 is 0 Å². The van der Waals surface area contributed by atoms with Gasteiger partial charge in [-0.25, -0.2) is 0 Å². The largest absolute Gasteiger partial charge is 0.458 e. The Kier molecular flexibility index (Phi) is 6.47. The lowest BCUT2D eigenvalue weighted by molar-refractivity contribution is -0.200. The van der Waals surface area contributed by atoms with Crippen molar-refractivity contribution in [2.45, 2.75) is 76.3 Å². The number of hydrogen-bond donors (Lipinski definition) is 1. The number of alkyl halides is 1. The number of allylic oxidation sites excluding steroid dienone is 4. The Morgan fingerprint density at radius 1 is 1.26 bits per heavy atom. The number of rotatable bonds is 5. The molecule has 0 radical (unpaired) electrons. The molecule has 6 unspecified atom stereocenters. The van der Waals surface area contributed by atoms with E-state index in [0.717, 1.165) is 5.57 Å². The van der Waals surface area contributed by atoms with Crippen LogP contribution in [-0.4, -0.2) is 51.8 Å². The van der Waals surface area contributed by atoms with Crippen LogP contribution in [0.4, 0.5) is 0 Å². The maximum atomic E-state index is 13.6. The second kappa shape index (κ2) is 8.70. The van der Waals surface area contributed by atoms with Gasteiger partial charge in [-0.2, -0.15) is 0 Å². The van der Waals surface area contributed by atoms with Crippen molar-refractivity contribution in [3.8, 4) is 0 Å². The summed E-state index contributed by atoms with van der Waals surface area (Å²) in [6.45, 7) is 6.46. The highest BCUT2D eigenvalue weighted by molar-refractivity contribution is 9.09. The average molecular weight is 537 g/mol. The van der Waals surface area contributed by atoms with E-state index in [-0.39, 0.29) is 41.2 Å². The number of carbonyl (C=O) groups excluding carboxylic acids is 4. The van der Waals surface area contributed by atoms with E-state index >= 15 is 0 Å². The third kappa shape index (κ3) is 3.63. The molecule has 186 valence electrons. The average Bonchev–Trinajstić information content (AvgIpc) is 3.05. The van der Waals surface area contributed by atoms with Gasteiger partial charge in [0.1, 0.15) is 0 Å². The van der Waals surface area contributed by atoms with Gasteiger partial charge < -0.3 is 14.6 Å². The van der Waals surface area contributed by atoms with Gasteiger partial charge in [0.15, 0.2) is 18.0 Å². The number of Topliss-reactive ketones (excluding diaryl/α,β-unsaturated/α-hetero) is 1. The molecule has 0 amide bonds. The van der Waals surface area contributed by atoms with Crippen LogP contribution in [-0.2, 0) is 28.7 Å². The number of esters is 2. The van der Waals surface area contributed by atoms with Gasteiger partial charge in [0, 0.05) is 34.9 Å². The molecule has 0 bridgehead atoms. The summed E-state index contributed by atoms with van der Waals surface area (Å²) < 4.78 is 11.0. The summed E-state index contributed by atoms with van der Waals surface area (Å²) in [5, 5.41) is 11.6. The molecule has 0 saturated heterocycles. The monoisotopic (exact) mass is 536 g/mol. The van der Waals surface area contributed by atoms with E-state index in [2.05, 4.69) is 22.9 Å². The fourth-order valence-electron chi connectivity index (χ4n) is 7.46. The Balaban J connectivity index is 1.77. The number of aliphatic hydroxyl groups is 1. The van der Waals surface area contributed by atoms with Crippen molar-refractivity contribution in [2.24, 2.45) is 28.6 Å². The lowest BCUT2D eigenvalue weighted by atomic mass is 9.46. The molecule has 3 saturated carbocycles. The number of ketones is 2. The molecule has 4 rings (SSSR count). The van der Waals surface area contributed by atoms with Crippen molar-refractivity contribution in [3.63, 3.8) is 0 Å². The maximum Gasteiger partial charge on any atom is 0.306 e. The minimum atomic E-state index is -1.46. The summed E-state index contributed by atoms with van der Waals surface area (Å²) in [5.41, 5.74) is -1.74. The van der Waals surface area contributed by atoms with Crippen molar-refractivity contribution in [1.82, 2.24) is 0 Å². The molecule has 4 aliphatic rings. The number of hydrogen-bond acceptors (Lipinski definition) is 7. The molecule has 3 fully saturated rings. The molecule has 1 N–H and O–H groups in total. The van der Waals surface area contributed by atoms with E-state index in [1.165, 1.54) is 6.92 Å². The fourth-order valence-corrected chi connectivity index (χ4v) is 8.51. The van der Waals surface area contributed by atoms with Gasteiger partial charge in [0.2, 0.25) is 5.78 Å². The van der Waals surface area contributed by atoms with Gasteiger partial charge in [0.25, 0.3) is 0 Å². The van der Waals surface area contributed by atoms with Gasteiger partial charge in [0.05, 0.1) is 6.10 Å². The van der Waals surface area contributed by atoms with Crippen molar-refractivity contribution < 1.29 is 33.8 Å². The summed E-state index contributed by atoms with van der Waals surface area (Å²) in [6, 6.07) is 0. The molecule has 34 heavy (non-hydrogen) atoms. The first kappa shape index (κ1) is 25.3. The molecular weight excluding hydrogens is 504 g/mol. The van der Waals surface area contributed by atoms with E-state index in [1.54, 1.807) is 19.1 Å². The molecule has 0 heterocycles. The first-order valence-electron chi connectivity index (χ1n) is 12.0. The molecule has 0 aromatic heterocycles. The first-order valence-corrected chi connectivity index (χ1v) is 13.0. The molecule has 0 aliphatic heterocycles. The molecule has 0 spiro atoms. The van der Waals surface area contributed by atoms with Crippen LogP contribution in [0.2, 0.25) is 0 Å².